The molecule has 1 aliphatic rings. The van der Waals surface area contributed by atoms with Gasteiger partial charge in [0, 0.05) is 26.7 Å². The van der Waals surface area contributed by atoms with Gasteiger partial charge in [-0.1, -0.05) is 6.92 Å². The summed E-state index contributed by atoms with van der Waals surface area (Å²) < 4.78 is 5.07. The number of hydrogen-bond acceptors (Lipinski definition) is 4. The second-order valence-electron chi connectivity index (χ2n) is 4.47. The fourth-order valence-corrected chi connectivity index (χ4v) is 1.86. The molecule has 1 amide bonds. The summed E-state index contributed by atoms with van der Waals surface area (Å²) in [6.45, 7) is 3.50. The van der Waals surface area contributed by atoms with E-state index in [4.69, 9.17) is 10.5 Å². The van der Waals surface area contributed by atoms with E-state index in [0.717, 1.165) is 13.0 Å². The highest BCUT2D eigenvalue weighted by atomic mass is 16.5. The first-order valence-electron chi connectivity index (χ1n) is 5.77. The molecule has 5 heteroatoms. The molecule has 94 valence electrons. The van der Waals surface area contributed by atoms with Gasteiger partial charge in [0.15, 0.2) is 0 Å². The molecule has 0 saturated carbocycles. The highest BCUT2D eigenvalue weighted by Gasteiger charge is 2.28. The molecule has 16 heavy (non-hydrogen) atoms. The summed E-state index contributed by atoms with van der Waals surface area (Å²) in [6.07, 6.45) is 0.530. The average molecular weight is 230 g/mol. The summed E-state index contributed by atoms with van der Waals surface area (Å²) in [7, 11) is 1.55. The van der Waals surface area contributed by atoms with Crippen LogP contribution < -0.4 is 5.73 Å². The number of hydrogen-bond donors (Lipinski definition) is 2. The molecule has 3 unspecified atom stereocenters. The van der Waals surface area contributed by atoms with Crippen LogP contribution in [0.2, 0.25) is 0 Å². The molecule has 3 N–H and O–H groups in total. The van der Waals surface area contributed by atoms with Gasteiger partial charge < -0.3 is 20.5 Å². The molecule has 0 spiro atoms. The van der Waals surface area contributed by atoms with Crippen molar-refractivity contribution in [3.05, 3.63) is 0 Å². The van der Waals surface area contributed by atoms with Crippen LogP contribution in [-0.4, -0.2) is 54.9 Å². The van der Waals surface area contributed by atoms with Crippen molar-refractivity contribution in [3.63, 3.8) is 0 Å². The van der Waals surface area contributed by atoms with Gasteiger partial charge in [0.05, 0.1) is 18.6 Å². The van der Waals surface area contributed by atoms with Crippen LogP contribution >= 0.6 is 0 Å². The quantitative estimate of drug-likeness (QED) is 0.688. The normalized spacial score (nSPS) is 27.9. The minimum Gasteiger partial charge on any atom is -0.391 e. The molecule has 1 rings (SSSR count). The Labute approximate surface area is 96.6 Å². The van der Waals surface area contributed by atoms with E-state index >= 15 is 0 Å². The maximum absolute atomic E-state index is 11.9. The van der Waals surface area contributed by atoms with Gasteiger partial charge in [-0.2, -0.15) is 0 Å². The van der Waals surface area contributed by atoms with Gasteiger partial charge >= 0.3 is 0 Å². The number of piperidine rings is 1. The molecule has 0 aliphatic carbocycles. The molecule has 5 nitrogen and oxygen atoms in total. The third-order valence-electron chi connectivity index (χ3n) is 3.27. The first-order chi connectivity index (χ1) is 7.58. The highest BCUT2D eigenvalue weighted by molar-refractivity contribution is 5.76. The molecule has 0 aromatic carbocycles. The van der Waals surface area contributed by atoms with E-state index in [9.17, 15) is 9.90 Å². The van der Waals surface area contributed by atoms with E-state index in [1.54, 1.807) is 12.0 Å². The monoisotopic (exact) mass is 230 g/mol. The summed E-state index contributed by atoms with van der Waals surface area (Å²) in [5.41, 5.74) is 5.47. The number of ether oxygens (including phenoxy) is 1. The zero-order valence-corrected chi connectivity index (χ0v) is 10.1. The van der Waals surface area contributed by atoms with Crippen molar-refractivity contribution < 1.29 is 14.6 Å². The van der Waals surface area contributed by atoms with Crippen LogP contribution in [0.15, 0.2) is 0 Å². The summed E-state index contributed by atoms with van der Waals surface area (Å²) in [5.74, 6) is 0.292. The third-order valence-corrected chi connectivity index (χ3v) is 3.27. The number of β-amino-alcohol motifs (C(OH)–C–C–N with tert-alkyl or cyclic N) is 1. The van der Waals surface area contributed by atoms with Crippen molar-refractivity contribution in [3.8, 4) is 0 Å². The minimum absolute atomic E-state index is 0.0169. The standard InChI is InChI=1S/C11H22N2O3/c1-8-3-4-13(7-10(8)14)11(15)5-9(6-12)16-2/h8-10,14H,3-7,12H2,1-2H3. The number of carbonyl (C=O) groups is 1. The number of aliphatic hydroxyl groups excluding tert-OH is 1. The van der Waals surface area contributed by atoms with Gasteiger partial charge in [-0.3, -0.25) is 4.79 Å². The second kappa shape index (κ2) is 6.18. The molecule has 0 bridgehead atoms. The Hall–Kier alpha value is -0.650. The largest absolute Gasteiger partial charge is 0.391 e. The predicted molar refractivity (Wildman–Crippen MR) is 60.8 cm³/mol. The first kappa shape index (κ1) is 13.4. The molecule has 0 aromatic rings. The van der Waals surface area contributed by atoms with Crippen molar-refractivity contribution in [1.29, 1.82) is 0 Å². The lowest BCUT2D eigenvalue weighted by Gasteiger charge is -2.34. The van der Waals surface area contributed by atoms with Gasteiger partial charge in [0.25, 0.3) is 0 Å². The number of amides is 1. The highest BCUT2D eigenvalue weighted by Crippen LogP contribution is 2.17. The van der Waals surface area contributed by atoms with Crippen LogP contribution in [0.3, 0.4) is 0 Å². The molecule has 0 radical (unpaired) electrons. The molecule has 1 fully saturated rings. The zero-order valence-electron chi connectivity index (χ0n) is 10.1. The van der Waals surface area contributed by atoms with Crippen molar-refractivity contribution in [2.24, 2.45) is 11.7 Å². The topological polar surface area (TPSA) is 75.8 Å². The maximum Gasteiger partial charge on any atom is 0.225 e. The number of likely N-dealkylation sites (tertiary alicyclic amines) is 1. The van der Waals surface area contributed by atoms with Gasteiger partial charge in [-0.05, 0) is 12.3 Å². The van der Waals surface area contributed by atoms with E-state index < -0.39 is 6.10 Å². The van der Waals surface area contributed by atoms with Gasteiger partial charge in [0.1, 0.15) is 0 Å². The lowest BCUT2D eigenvalue weighted by atomic mass is 9.96. The van der Waals surface area contributed by atoms with E-state index in [0.29, 0.717) is 19.5 Å². The van der Waals surface area contributed by atoms with Crippen molar-refractivity contribution in [1.82, 2.24) is 4.90 Å². The third kappa shape index (κ3) is 3.43. The SMILES string of the molecule is COC(CN)CC(=O)N1CCC(C)C(O)C1. The molecule has 0 aromatic heterocycles. The first-order valence-corrected chi connectivity index (χ1v) is 5.77. The molecule has 1 heterocycles. The molecular formula is C11H22N2O3. The van der Waals surface area contributed by atoms with Gasteiger partial charge in [-0.25, -0.2) is 0 Å². The van der Waals surface area contributed by atoms with Gasteiger partial charge in [-0.15, -0.1) is 0 Å². The van der Waals surface area contributed by atoms with Gasteiger partial charge in [0.2, 0.25) is 5.91 Å². The van der Waals surface area contributed by atoms with Crippen molar-refractivity contribution >= 4 is 5.91 Å². The number of nitrogens with zero attached hydrogens (tertiary/aromatic N) is 1. The van der Waals surface area contributed by atoms with Crippen LogP contribution in [0.4, 0.5) is 0 Å². The smallest absolute Gasteiger partial charge is 0.225 e. The maximum atomic E-state index is 11.9. The van der Waals surface area contributed by atoms with Crippen molar-refractivity contribution in [2.45, 2.75) is 32.0 Å². The van der Waals surface area contributed by atoms with Crippen LogP contribution in [0, 0.1) is 5.92 Å². The average Bonchev–Trinajstić information content (AvgIpc) is 2.29. The Morgan fingerprint density at radius 1 is 1.69 bits per heavy atom. The predicted octanol–water partition coefficient (Wildman–Crippen LogP) is -0.420. The Balaban J connectivity index is 2.42. The van der Waals surface area contributed by atoms with Crippen molar-refractivity contribution in [2.75, 3.05) is 26.7 Å². The van der Waals surface area contributed by atoms with E-state index in [-0.39, 0.29) is 17.9 Å². The van der Waals surface area contributed by atoms with Crippen LogP contribution in [0.5, 0.6) is 0 Å². The van der Waals surface area contributed by atoms with Crippen LogP contribution in [0.25, 0.3) is 0 Å². The molecular weight excluding hydrogens is 208 g/mol. The Morgan fingerprint density at radius 2 is 2.38 bits per heavy atom. The molecule has 3 atom stereocenters. The summed E-state index contributed by atoms with van der Waals surface area (Å²) in [6, 6.07) is 0. The Bertz CT molecular complexity index is 231. The van der Waals surface area contributed by atoms with Crippen LogP contribution in [0.1, 0.15) is 19.8 Å². The van der Waals surface area contributed by atoms with E-state index in [1.807, 2.05) is 6.92 Å². The number of carbonyl (C=O) groups excluding carboxylic acids is 1. The Morgan fingerprint density at radius 3 is 2.88 bits per heavy atom. The number of rotatable bonds is 4. The lowest BCUT2D eigenvalue weighted by Crippen LogP contribution is -2.47. The second-order valence-corrected chi connectivity index (χ2v) is 4.47. The summed E-state index contributed by atoms with van der Waals surface area (Å²) in [5, 5.41) is 9.70. The summed E-state index contributed by atoms with van der Waals surface area (Å²) >= 11 is 0. The number of nitrogens with two attached hydrogens (primary N) is 1. The lowest BCUT2D eigenvalue weighted by molar-refractivity contribution is -0.137. The van der Waals surface area contributed by atoms with E-state index in [2.05, 4.69) is 0 Å². The van der Waals surface area contributed by atoms with Crippen LogP contribution in [-0.2, 0) is 9.53 Å². The number of aliphatic hydroxyl groups is 1. The molecule has 1 aliphatic heterocycles. The summed E-state index contributed by atoms with van der Waals surface area (Å²) in [4.78, 5) is 13.6. The zero-order chi connectivity index (χ0) is 12.1. The Kier molecular flexibility index (Phi) is 5.18. The van der Waals surface area contributed by atoms with E-state index in [1.165, 1.54) is 0 Å². The minimum atomic E-state index is -0.406. The fraction of sp³-hybridized carbons (Fsp3) is 0.909. The number of methoxy groups -OCH3 is 1. The molecule has 1 saturated heterocycles. The fourth-order valence-electron chi connectivity index (χ4n) is 1.86.